The van der Waals surface area contributed by atoms with Crippen molar-refractivity contribution >= 4 is 11.6 Å². The van der Waals surface area contributed by atoms with E-state index >= 15 is 0 Å². The quantitative estimate of drug-likeness (QED) is 0.934. The molecule has 1 aromatic heterocycles. The molecule has 108 valence electrons. The fraction of sp³-hybridized carbons (Fsp3) is 0.333. The monoisotopic (exact) mass is 283 g/mol. The van der Waals surface area contributed by atoms with Crippen LogP contribution in [0.4, 0.5) is 5.69 Å². The molecule has 1 heterocycles. The predicted octanol–water partition coefficient (Wildman–Crippen LogP) is 2.09. The number of amides is 1. The number of carbonyl (C=O) groups excluding carboxylic acids is 1. The van der Waals surface area contributed by atoms with Crippen molar-refractivity contribution in [1.82, 2.24) is 14.8 Å². The van der Waals surface area contributed by atoms with E-state index in [4.69, 9.17) is 5.26 Å². The van der Waals surface area contributed by atoms with Crippen LogP contribution in [-0.2, 0) is 16.8 Å². The molecular formula is C15H17N5O. The second kappa shape index (κ2) is 5.75. The SMILES string of the molecule is CC(C)(C)c1ccc(NC(=O)Cn2cnc(C#N)n2)cc1. The Hall–Kier alpha value is -2.68. The largest absolute Gasteiger partial charge is 0.324 e. The van der Waals surface area contributed by atoms with Crippen molar-refractivity contribution in [3.63, 3.8) is 0 Å². The molecule has 0 aliphatic heterocycles. The molecule has 0 spiro atoms. The summed E-state index contributed by atoms with van der Waals surface area (Å²) in [5.41, 5.74) is 2.01. The first-order chi connectivity index (χ1) is 9.88. The summed E-state index contributed by atoms with van der Waals surface area (Å²) < 4.78 is 1.33. The lowest BCUT2D eigenvalue weighted by molar-refractivity contribution is -0.116. The van der Waals surface area contributed by atoms with E-state index < -0.39 is 0 Å². The fourth-order valence-corrected chi connectivity index (χ4v) is 1.82. The molecular weight excluding hydrogens is 266 g/mol. The lowest BCUT2D eigenvalue weighted by Crippen LogP contribution is -2.19. The Balaban J connectivity index is 1.98. The highest BCUT2D eigenvalue weighted by atomic mass is 16.2. The molecule has 1 N–H and O–H groups in total. The number of nitrogens with zero attached hydrogens (tertiary/aromatic N) is 4. The van der Waals surface area contributed by atoms with Gasteiger partial charge in [-0.2, -0.15) is 5.26 Å². The number of hydrogen-bond acceptors (Lipinski definition) is 4. The van der Waals surface area contributed by atoms with E-state index in [-0.39, 0.29) is 23.7 Å². The Morgan fingerprint density at radius 1 is 1.33 bits per heavy atom. The number of carbonyl (C=O) groups is 1. The van der Waals surface area contributed by atoms with Gasteiger partial charge in [0.15, 0.2) is 0 Å². The fourth-order valence-electron chi connectivity index (χ4n) is 1.82. The van der Waals surface area contributed by atoms with Gasteiger partial charge in [0.05, 0.1) is 0 Å². The number of benzene rings is 1. The van der Waals surface area contributed by atoms with Gasteiger partial charge in [0.25, 0.3) is 5.82 Å². The third-order valence-electron chi connectivity index (χ3n) is 2.98. The van der Waals surface area contributed by atoms with Crippen LogP contribution in [0.15, 0.2) is 30.6 Å². The molecule has 0 fully saturated rings. The molecule has 0 atom stereocenters. The van der Waals surface area contributed by atoms with Crippen molar-refractivity contribution in [2.75, 3.05) is 5.32 Å². The van der Waals surface area contributed by atoms with Crippen molar-refractivity contribution in [3.05, 3.63) is 42.0 Å². The zero-order chi connectivity index (χ0) is 15.5. The minimum Gasteiger partial charge on any atom is -0.324 e. The van der Waals surface area contributed by atoms with Crippen molar-refractivity contribution in [3.8, 4) is 6.07 Å². The molecule has 1 aromatic carbocycles. The molecule has 0 aliphatic rings. The van der Waals surface area contributed by atoms with Gasteiger partial charge >= 0.3 is 0 Å². The topological polar surface area (TPSA) is 83.6 Å². The summed E-state index contributed by atoms with van der Waals surface area (Å²) in [7, 11) is 0. The summed E-state index contributed by atoms with van der Waals surface area (Å²) in [4.78, 5) is 15.6. The Kier molecular flexibility index (Phi) is 4.03. The van der Waals surface area contributed by atoms with E-state index in [2.05, 4.69) is 36.2 Å². The smallest absolute Gasteiger partial charge is 0.252 e. The van der Waals surface area contributed by atoms with Crippen molar-refractivity contribution in [1.29, 1.82) is 5.26 Å². The van der Waals surface area contributed by atoms with E-state index in [0.717, 1.165) is 5.69 Å². The molecule has 21 heavy (non-hydrogen) atoms. The first-order valence-electron chi connectivity index (χ1n) is 6.58. The molecule has 6 nitrogen and oxygen atoms in total. The maximum absolute atomic E-state index is 11.9. The van der Waals surface area contributed by atoms with Crippen LogP contribution in [0.1, 0.15) is 32.2 Å². The van der Waals surface area contributed by atoms with Gasteiger partial charge in [-0.1, -0.05) is 32.9 Å². The predicted molar refractivity (Wildman–Crippen MR) is 78.5 cm³/mol. The summed E-state index contributed by atoms with van der Waals surface area (Å²) in [6.07, 6.45) is 1.36. The maximum atomic E-state index is 11.9. The van der Waals surface area contributed by atoms with E-state index in [0.29, 0.717) is 0 Å². The molecule has 1 amide bonds. The third-order valence-corrected chi connectivity index (χ3v) is 2.98. The Bertz CT molecular complexity index is 673. The molecule has 2 rings (SSSR count). The van der Waals surface area contributed by atoms with Crippen LogP contribution in [0, 0.1) is 11.3 Å². The molecule has 6 heteroatoms. The van der Waals surface area contributed by atoms with Crippen molar-refractivity contribution < 1.29 is 4.79 Å². The molecule has 2 aromatic rings. The Morgan fingerprint density at radius 2 is 2.00 bits per heavy atom. The maximum Gasteiger partial charge on any atom is 0.252 e. The van der Waals surface area contributed by atoms with Crippen molar-refractivity contribution in [2.24, 2.45) is 0 Å². The number of aromatic nitrogens is 3. The molecule has 0 bridgehead atoms. The number of rotatable bonds is 3. The van der Waals surface area contributed by atoms with E-state index in [1.54, 1.807) is 0 Å². The molecule has 0 radical (unpaired) electrons. The molecule has 0 aliphatic carbocycles. The molecule has 0 saturated heterocycles. The van der Waals surface area contributed by atoms with Gasteiger partial charge < -0.3 is 5.32 Å². The minimum absolute atomic E-state index is 0.0235. The zero-order valence-electron chi connectivity index (χ0n) is 12.3. The van der Waals surface area contributed by atoms with Gasteiger partial charge in [-0.05, 0) is 23.1 Å². The van der Waals surface area contributed by atoms with Crippen LogP contribution in [0.5, 0.6) is 0 Å². The van der Waals surface area contributed by atoms with Crippen LogP contribution in [0.2, 0.25) is 0 Å². The number of nitrogens with one attached hydrogen (secondary N) is 1. The summed E-state index contributed by atoms with van der Waals surface area (Å²) in [6.45, 7) is 6.43. The van der Waals surface area contributed by atoms with Crippen LogP contribution < -0.4 is 5.32 Å². The van der Waals surface area contributed by atoms with Gasteiger partial charge in [-0.25, -0.2) is 9.67 Å². The Labute approximate surface area is 123 Å². The highest BCUT2D eigenvalue weighted by Crippen LogP contribution is 2.23. The summed E-state index contributed by atoms with van der Waals surface area (Å²) in [5.74, 6) is -0.162. The average molecular weight is 283 g/mol. The van der Waals surface area contributed by atoms with Crippen LogP contribution in [-0.4, -0.2) is 20.7 Å². The Morgan fingerprint density at radius 3 is 2.52 bits per heavy atom. The van der Waals surface area contributed by atoms with Gasteiger partial charge in [-0.3, -0.25) is 4.79 Å². The number of hydrogen-bond donors (Lipinski definition) is 1. The van der Waals surface area contributed by atoms with Crippen LogP contribution in [0.25, 0.3) is 0 Å². The average Bonchev–Trinajstić information content (AvgIpc) is 2.85. The van der Waals surface area contributed by atoms with E-state index in [1.165, 1.54) is 16.6 Å². The van der Waals surface area contributed by atoms with E-state index in [9.17, 15) is 4.79 Å². The zero-order valence-corrected chi connectivity index (χ0v) is 12.3. The first kappa shape index (κ1) is 14.7. The highest BCUT2D eigenvalue weighted by molar-refractivity contribution is 5.90. The summed E-state index contributed by atoms with van der Waals surface area (Å²) in [6, 6.07) is 9.56. The third kappa shape index (κ3) is 3.89. The van der Waals surface area contributed by atoms with Crippen LogP contribution in [0.3, 0.4) is 0 Å². The highest BCUT2D eigenvalue weighted by Gasteiger charge is 2.13. The minimum atomic E-state index is -0.215. The standard InChI is InChI=1S/C15H17N5O/c1-15(2,3)11-4-6-12(7-5-11)18-14(21)9-20-10-17-13(8-16)19-20/h4-7,10H,9H2,1-3H3,(H,18,21). The normalized spacial score (nSPS) is 11.0. The van der Waals surface area contributed by atoms with Crippen molar-refractivity contribution in [2.45, 2.75) is 32.7 Å². The lowest BCUT2D eigenvalue weighted by Gasteiger charge is -2.19. The second-order valence-corrected chi connectivity index (χ2v) is 5.75. The summed E-state index contributed by atoms with van der Waals surface area (Å²) in [5, 5.41) is 15.2. The lowest BCUT2D eigenvalue weighted by atomic mass is 9.87. The van der Waals surface area contributed by atoms with Gasteiger partial charge in [0.1, 0.15) is 18.9 Å². The van der Waals surface area contributed by atoms with E-state index in [1.807, 2.05) is 30.3 Å². The van der Waals surface area contributed by atoms with Gasteiger partial charge in [0, 0.05) is 5.69 Å². The molecule has 0 unspecified atom stereocenters. The summed E-state index contributed by atoms with van der Waals surface area (Å²) >= 11 is 0. The molecule has 0 saturated carbocycles. The first-order valence-corrected chi connectivity index (χ1v) is 6.58. The van der Waals surface area contributed by atoms with Gasteiger partial charge in [-0.15, -0.1) is 5.10 Å². The number of nitriles is 1. The second-order valence-electron chi connectivity index (χ2n) is 5.75. The number of anilines is 1. The van der Waals surface area contributed by atoms with Crippen LogP contribution >= 0.6 is 0 Å². The van der Waals surface area contributed by atoms with Gasteiger partial charge in [0.2, 0.25) is 5.91 Å².